The van der Waals surface area contributed by atoms with Crippen LogP contribution in [0.2, 0.25) is 0 Å². The van der Waals surface area contributed by atoms with E-state index < -0.39 is 12.3 Å². The zero-order chi connectivity index (χ0) is 17.3. The van der Waals surface area contributed by atoms with Crippen molar-refractivity contribution in [2.45, 2.75) is 25.7 Å². The van der Waals surface area contributed by atoms with Crippen molar-refractivity contribution >= 4 is 28.6 Å². The Labute approximate surface area is 137 Å². The molecule has 0 spiro atoms. The van der Waals surface area contributed by atoms with Crippen LogP contribution in [0.5, 0.6) is 0 Å². The fourth-order valence-electron chi connectivity index (χ4n) is 2.88. The number of amides is 2. The lowest BCUT2D eigenvalue weighted by atomic mass is 10.2. The highest BCUT2D eigenvalue weighted by molar-refractivity contribution is 6.04. The van der Waals surface area contributed by atoms with Gasteiger partial charge < -0.3 is 25.9 Å². The summed E-state index contributed by atoms with van der Waals surface area (Å²) in [4.78, 5) is 28.5. The van der Waals surface area contributed by atoms with Crippen LogP contribution in [-0.2, 0) is 4.79 Å². The molecular formula is C15H19N5O4. The summed E-state index contributed by atoms with van der Waals surface area (Å²) in [5.41, 5.74) is 5.91. The number of nitrogens with one attached hydrogen (secondary N) is 2. The number of carbonyl (C=O) groups is 2. The van der Waals surface area contributed by atoms with E-state index in [0.717, 1.165) is 6.42 Å². The number of nitrogens with zero attached hydrogens (tertiary/aromatic N) is 2. The van der Waals surface area contributed by atoms with Gasteiger partial charge in [0.05, 0.1) is 11.1 Å². The molecule has 1 saturated heterocycles. The van der Waals surface area contributed by atoms with Crippen molar-refractivity contribution in [2.75, 3.05) is 18.4 Å². The molecule has 2 amide bonds. The van der Waals surface area contributed by atoms with E-state index in [-0.39, 0.29) is 23.4 Å². The first-order valence-corrected chi connectivity index (χ1v) is 7.59. The summed E-state index contributed by atoms with van der Waals surface area (Å²) in [5, 5.41) is 16.7. The van der Waals surface area contributed by atoms with Gasteiger partial charge >= 0.3 is 0 Å². The van der Waals surface area contributed by atoms with Crippen molar-refractivity contribution in [1.82, 2.24) is 15.2 Å². The van der Waals surface area contributed by atoms with Crippen LogP contribution >= 0.6 is 0 Å². The molecule has 1 unspecified atom stereocenters. The Morgan fingerprint density at radius 1 is 1.54 bits per heavy atom. The van der Waals surface area contributed by atoms with Gasteiger partial charge in [0.1, 0.15) is 0 Å². The predicted molar refractivity (Wildman–Crippen MR) is 86.0 cm³/mol. The van der Waals surface area contributed by atoms with Gasteiger partial charge in [-0.1, -0.05) is 0 Å². The fourth-order valence-corrected chi connectivity index (χ4v) is 2.88. The first-order valence-electron chi connectivity index (χ1n) is 7.59. The highest BCUT2D eigenvalue weighted by Crippen LogP contribution is 2.30. The maximum Gasteiger partial charge on any atom is 0.286 e. The Balaban J connectivity index is 1.78. The summed E-state index contributed by atoms with van der Waals surface area (Å²) in [7, 11) is 0. The second-order valence-corrected chi connectivity index (χ2v) is 5.73. The van der Waals surface area contributed by atoms with Crippen LogP contribution in [0.15, 0.2) is 22.7 Å². The van der Waals surface area contributed by atoms with Gasteiger partial charge in [-0.2, -0.15) is 0 Å². The topological polar surface area (TPSA) is 134 Å². The zero-order valence-electron chi connectivity index (χ0n) is 13.2. The molecule has 128 valence electrons. The monoisotopic (exact) mass is 333 g/mol. The summed E-state index contributed by atoms with van der Waals surface area (Å²) in [6.45, 7) is 2.55. The van der Waals surface area contributed by atoms with Gasteiger partial charge in [-0.3, -0.25) is 14.5 Å². The number of carbonyl (C=O) groups excluding carboxylic acids is 2. The molecule has 0 aromatic carbocycles. The molecule has 3 rings (SSSR count). The summed E-state index contributed by atoms with van der Waals surface area (Å²) in [5.74, 6) is -0.937. The number of fused-ring (bicyclic) bond motifs is 1. The standard InChI is InChI=1S/C15H19N5O4/c1-8(21)18-9-4-6-20(7-9)15(23)19-11-10-3-2-5-17-14(10)24-12(11)13(16)22/h2-3,5,9,15,19,23H,4,6-7H2,1H3,(H2,16,22)(H,18,21)/t9-,15?/m0/s1. The average molecular weight is 333 g/mol. The van der Waals surface area contributed by atoms with Gasteiger partial charge in [0.15, 0.2) is 6.35 Å². The first kappa shape index (κ1) is 16.2. The van der Waals surface area contributed by atoms with E-state index in [1.165, 1.54) is 13.1 Å². The predicted octanol–water partition coefficient (Wildman–Crippen LogP) is -0.175. The Morgan fingerprint density at radius 3 is 3.04 bits per heavy atom. The smallest absolute Gasteiger partial charge is 0.286 e. The van der Waals surface area contributed by atoms with Gasteiger partial charge in [0.25, 0.3) is 5.91 Å². The second-order valence-electron chi connectivity index (χ2n) is 5.73. The van der Waals surface area contributed by atoms with E-state index in [2.05, 4.69) is 15.6 Å². The molecule has 24 heavy (non-hydrogen) atoms. The minimum atomic E-state index is -1.05. The molecule has 0 bridgehead atoms. The zero-order valence-corrected chi connectivity index (χ0v) is 13.2. The van der Waals surface area contributed by atoms with E-state index in [1.807, 2.05) is 0 Å². The van der Waals surface area contributed by atoms with Crippen molar-refractivity contribution in [3.8, 4) is 0 Å². The van der Waals surface area contributed by atoms with Crippen molar-refractivity contribution in [3.63, 3.8) is 0 Å². The number of pyridine rings is 1. The molecule has 2 atom stereocenters. The molecule has 1 fully saturated rings. The lowest BCUT2D eigenvalue weighted by Crippen LogP contribution is -2.42. The van der Waals surface area contributed by atoms with Crippen molar-refractivity contribution in [1.29, 1.82) is 0 Å². The van der Waals surface area contributed by atoms with Crippen molar-refractivity contribution in [2.24, 2.45) is 5.73 Å². The molecule has 5 N–H and O–H groups in total. The lowest BCUT2D eigenvalue weighted by molar-refractivity contribution is -0.119. The number of aromatic nitrogens is 1. The van der Waals surface area contributed by atoms with E-state index in [0.29, 0.717) is 24.2 Å². The van der Waals surface area contributed by atoms with Gasteiger partial charge in [0.2, 0.25) is 17.4 Å². The first-order chi connectivity index (χ1) is 11.5. The summed E-state index contributed by atoms with van der Waals surface area (Å²) < 4.78 is 5.36. The minimum absolute atomic E-state index is 0.0164. The maximum absolute atomic E-state index is 11.6. The molecule has 1 aliphatic heterocycles. The SMILES string of the molecule is CC(=O)N[C@H]1CCN(C(O)Nc2c(C(N)=O)oc3ncccc23)C1. The second kappa shape index (κ2) is 6.46. The molecule has 0 aliphatic carbocycles. The number of aliphatic hydroxyl groups excluding tert-OH is 1. The summed E-state index contributed by atoms with van der Waals surface area (Å²) >= 11 is 0. The number of primary amides is 1. The third-order valence-electron chi connectivity index (χ3n) is 3.94. The Kier molecular flexibility index (Phi) is 4.36. The van der Waals surface area contributed by atoms with Gasteiger partial charge in [-0.25, -0.2) is 4.98 Å². The van der Waals surface area contributed by atoms with E-state index in [1.54, 1.807) is 17.0 Å². The normalized spacial score (nSPS) is 19.3. The number of hydrogen-bond acceptors (Lipinski definition) is 7. The van der Waals surface area contributed by atoms with Crippen molar-refractivity contribution < 1.29 is 19.1 Å². The van der Waals surface area contributed by atoms with Crippen LogP contribution in [0, 0.1) is 0 Å². The number of hydrogen-bond donors (Lipinski definition) is 4. The average Bonchev–Trinajstić information content (AvgIpc) is 3.12. The summed E-state index contributed by atoms with van der Waals surface area (Å²) in [6.07, 6.45) is 1.21. The summed E-state index contributed by atoms with van der Waals surface area (Å²) in [6, 6.07) is 3.40. The molecule has 2 aromatic rings. The van der Waals surface area contributed by atoms with Crippen LogP contribution < -0.4 is 16.4 Å². The molecule has 0 radical (unpaired) electrons. The molecule has 0 saturated carbocycles. The molecule has 1 aliphatic rings. The van der Waals surface area contributed by atoms with E-state index >= 15 is 0 Å². The van der Waals surface area contributed by atoms with Crippen molar-refractivity contribution in [3.05, 3.63) is 24.1 Å². The number of nitrogens with two attached hydrogens (primary N) is 1. The molecule has 9 nitrogen and oxygen atoms in total. The Morgan fingerprint density at radius 2 is 2.33 bits per heavy atom. The van der Waals surface area contributed by atoms with E-state index in [4.69, 9.17) is 10.2 Å². The molecular weight excluding hydrogens is 314 g/mol. The third kappa shape index (κ3) is 3.17. The highest BCUT2D eigenvalue weighted by atomic mass is 16.4. The van der Waals surface area contributed by atoms with Gasteiger partial charge in [0, 0.05) is 32.3 Å². The highest BCUT2D eigenvalue weighted by Gasteiger charge is 2.29. The minimum Gasteiger partial charge on any atom is -0.430 e. The van der Waals surface area contributed by atoms with Crippen LogP contribution in [0.4, 0.5) is 5.69 Å². The van der Waals surface area contributed by atoms with Crippen LogP contribution in [0.1, 0.15) is 23.9 Å². The number of furan rings is 1. The third-order valence-corrected chi connectivity index (χ3v) is 3.94. The number of likely N-dealkylation sites (tertiary alicyclic amines) is 1. The maximum atomic E-state index is 11.6. The lowest BCUT2D eigenvalue weighted by Gasteiger charge is -2.24. The number of anilines is 1. The van der Waals surface area contributed by atoms with E-state index in [9.17, 15) is 14.7 Å². The molecule has 9 heteroatoms. The van der Waals surface area contributed by atoms with Gasteiger partial charge in [-0.05, 0) is 18.6 Å². The molecule has 3 heterocycles. The number of rotatable bonds is 5. The molecule has 2 aromatic heterocycles. The quantitative estimate of drug-likeness (QED) is 0.558. The van der Waals surface area contributed by atoms with Crippen LogP contribution in [0.3, 0.4) is 0 Å². The van der Waals surface area contributed by atoms with Crippen LogP contribution in [0.25, 0.3) is 11.1 Å². The van der Waals surface area contributed by atoms with Crippen LogP contribution in [-0.4, -0.2) is 52.3 Å². The van der Waals surface area contributed by atoms with Gasteiger partial charge in [-0.15, -0.1) is 0 Å². The fraction of sp³-hybridized carbons (Fsp3) is 0.400. The Bertz CT molecular complexity index is 774. The largest absolute Gasteiger partial charge is 0.430 e. The Hall–Kier alpha value is -2.65. The number of aliphatic hydroxyl groups is 1.